The van der Waals surface area contributed by atoms with Crippen molar-refractivity contribution in [1.82, 2.24) is 15.0 Å². The number of nitriles is 1. The fourth-order valence-corrected chi connectivity index (χ4v) is 8.18. The van der Waals surface area contributed by atoms with Gasteiger partial charge in [0.15, 0.2) is 17.5 Å². The van der Waals surface area contributed by atoms with Crippen LogP contribution in [0.15, 0.2) is 194 Å². The van der Waals surface area contributed by atoms with Gasteiger partial charge < -0.3 is 0 Å². The Morgan fingerprint density at radius 1 is 0.350 bits per heavy atom. The molecule has 1 heterocycles. The Morgan fingerprint density at radius 2 is 0.833 bits per heavy atom. The van der Waals surface area contributed by atoms with E-state index in [0.717, 1.165) is 66.8 Å². The molecule has 0 amide bonds. The van der Waals surface area contributed by atoms with Gasteiger partial charge in [-0.25, -0.2) is 15.0 Å². The lowest BCUT2D eigenvalue weighted by Gasteiger charge is -2.17. The Kier molecular flexibility index (Phi) is 9.33. The van der Waals surface area contributed by atoms with Gasteiger partial charge in [0.2, 0.25) is 0 Å². The lowest BCUT2D eigenvalue weighted by atomic mass is 9.87. The maximum absolute atomic E-state index is 10.6. The second kappa shape index (κ2) is 15.4. The van der Waals surface area contributed by atoms with Crippen LogP contribution in [0.1, 0.15) is 16.7 Å². The average molecular weight is 767 g/mol. The van der Waals surface area contributed by atoms with Gasteiger partial charge >= 0.3 is 0 Å². The molecule has 0 bridgehead atoms. The molecule has 10 aromatic rings. The fraction of sp³-hybridized carbons (Fsp3) is 0.0357. The maximum Gasteiger partial charge on any atom is 0.164 e. The van der Waals surface area contributed by atoms with Crippen LogP contribution in [0.4, 0.5) is 0 Å². The molecule has 0 aliphatic rings. The Balaban J connectivity index is 1.07. The number of hydrogen-bond acceptors (Lipinski definition) is 4. The predicted molar refractivity (Wildman–Crippen MR) is 247 cm³/mol. The number of fused-ring (bicyclic) bond motifs is 3. The molecule has 0 spiro atoms. The van der Waals surface area contributed by atoms with Crippen LogP contribution in [-0.4, -0.2) is 15.0 Å². The summed E-state index contributed by atoms with van der Waals surface area (Å²) in [4.78, 5) is 15.2. The van der Waals surface area contributed by atoms with Crippen LogP contribution in [0.2, 0.25) is 0 Å². The number of nitrogens with zero attached hydrogens (tertiary/aromatic N) is 4. The van der Waals surface area contributed by atoms with Gasteiger partial charge in [0, 0.05) is 22.3 Å². The first-order valence-corrected chi connectivity index (χ1v) is 20.1. The van der Waals surface area contributed by atoms with Crippen LogP contribution in [0.5, 0.6) is 0 Å². The highest BCUT2D eigenvalue weighted by atomic mass is 15.0. The number of aromatic nitrogens is 3. The first-order chi connectivity index (χ1) is 29.5. The minimum Gasteiger partial charge on any atom is -0.208 e. The van der Waals surface area contributed by atoms with Crippen molar-refractivity contribution in [2.45, 2.75) is 13.8 Å². The van der Waals surface area contributed by atoms with E-state index in [1.807, 2.05) is 24.3 Å². The van der Waals surface area contributed by atoms with E-state index in [2.05, 4.69) is 190 Å². The Hall–Kier alpha value is -8.00. The third-order valence-electron chi connectivity index (χ3n) is 11.3. The normalized spacial score (nSPS) is 11.2. The molecule has 10 rings (SSSR count). The van der Waals surface area contributed by atoms with E-state index < -0.39 is 0 Å². The molecule has 0 fully saturated rings. The molecule has 0 radical (unpaired) electrons. The Morgan fingerprint density at radius 3 is 1.50 bits per heavy atom. The second-order valence-corrected chi connectivity index (χ2v) is 15.3. The van der Waals surface area contributed by atoms with Crippen molar-refractivity contribution in [3.8, 4) is 84.7 Å². The van der Waals surface area contributed by atoms with Gasteiger partial charge in [0.05, 0.1) is 11.6 Å². The van der Waals surface area contributed by atoms with Crippen molar-refractivity contribution in [3.05, 3.63) is 211 Å². The van der Waals surface area contributed by atoms with Crippen molar-refractivity contribution >= 4 is 21.5 Å². The van der Waals surface area contributed by atoms with E-state index in [4.69, 9.17) is 15.0 Å². The van der Waals surface area contributed by atoms with Crippen molar-refractivity contribution in [1.29, 1.82) is 5.26 Å². The minimum absolute atomic E-state index is 0.563. The highest BCUT2D eigenvalue weighted by Crippen LogP contribution is 2.41. The molecule has 9 aromatic carbocycles. The second-order valence-electron chi connectivity index (χ2n) is 15.3. The molecule has 1 aromatic heterocycles. The van der Waals surface area contributed by atoms with E-state index in [9.17, 15) is 5.26 Å². The summed E-state index contributed by atoms with van der Waals surface area (Å²) >= 11 is 0. The third-order valence-corrected chi connectivity index (χ3v) is 11.3. The van der Waals surface area contributed by atoms with E-state index >= 15 is 0 Å². The molecule has 0 atom stereocenters. The van der Waals surface area contributed by atoms with E-state index in [1.54, 1.807) is 0 Å². The first kappa shape index (κ1) is 36.3. The van der Waals surface area contributed by atoms with Crippen LogP contribution >= 0.6 is 0 Å². The Labute approximate surface area is 349 Å². The van der Waals surface area contributed by atoms with Gasteiger partial charge in [-0.3, -0.25) is 0 Å². The van der Waals surface area contributed by atoms with Crippen LogP contribution in [0.25, 0.3) is 100 Å². The molecule has 0 aliphatic carbocycles. The molecular weight excluding hydrogens is 729 g/mol. The molecule has 0 aliphatic heterocycles. The topological polar surface area (TPSA) is 62.5 Å². The summed E-state index contributed by atoms with van der Waals surface area (Å²) in [6, 6.07) is 70.1. The summed E-state index contributed by atoms with van der Waals surface area (Å²) in [5.74, 6) is 1.76. The number of aryl methyl sites for hydroxylation is 2. The molecule has 4 nitrogen and oxygen atoms in total. The van der Waals surface area contributed by atoms with Gasteiger partial charge in [-0.1, -0.05) is 181 Å². The minimum atomic E-state index is 0.563. The monoisotopic (exact) mass is 766 g/mol. The molecule has 60 heavy (non-hydrogen) atoms. The summed E-state index contributed by atoms with van der Waals surface area (Å²) in [6.07, 6.45) is 0. The zero-order chi connectivity index (χ0) is 40.6. The van der Waals surface area contributed by atoms with Crippen molar-refractivity contribution in [2.75, 3.05) is 0 Å². The molecular formula is C56H38N4. The third kappa shape index (κ3) is 6.89. The largest absolute Gasteiger partial charge is 0.208 e. The zero-order valence-corrected chi connectivity index (χ0v) is 33.3. The van der Waals surface area contributed by atoms with Crippen LogP contribution < -0.4 is 0 Å². The number of hydrogen-bond donors (Lipinski definition) is 0. The van der Waals surface area contributed by atoms with E-state index in [0.29, 0.717) is 23.0 Å². The van der Waals surface area contributed by atoms with Gasteiger partial charge in [-0.2, -0.15) is 5.26 Å². The molecule has 4 heteroatoms. The summed E-state index contributed by atoms with van der Waals surface area (Å²) in [5.41, 5.74) is 13.7. The van der Waals surface area contributed by atoms with Crippen LogP contribution in [0.3, 0.4) is 0 Å². The van der Waals surface area contributed by atoms with E-state index in [-0.39, 0.29) is 0 Å². The van der Waals surface area contributed by atoms with Gasteiger partial charge in [-0.05, 0) is 98.6 Å². The molecule has 282 valence electrons. The van der Waals surface area contributed by atoms with Gasteiger partial charge in [-0.15, -0.1) is 0 Å². The zero-order valence-electron chi connectivity index (χ0n) is 33.3. The smallest absolute Gasteiger partial charge is 0.164 e. The standard InChI is InChI=1S/C56H38N4/c1-36-20-24-39(25-21-36)54-58-55(40-26-22-37(2)23-27-40)60-56(59-54)52-18-6-5-17-50(52)51-19-9-15-47(35-57)53(51)46-14-8-13-43(34-46)41-11-7-12-42(32-41)44-30-31-49-45(33-44)29-28-38-10-3-4-16-48(38)49/h3-34H,1-2H3. The highest BCUT2D eigenvalue weighted by molar-refractivity contribution is 6.08. The summed E-state index contributed by atoms with van der Waals surface area (Å²) in [7, 11) is 0. The lowest BCUT2D eigenvalue weighted by Crippen LogP contribution is -2.01. The molecule has 0 unspecified atom stereocenters. The maximum atomic E-state index is 10.6. The quantitative estimate of drug-likeness (QED) is 0.152. The summed E-state index contributed by atoms with van der Waals surface area (Å²) in [6.45, 7) is 4.15. The first-order valence-electron chi connectivity index (χ1n) is 20.1. The number of rotatable bonds is 7. The highest BCUT2D eigenvalue weighted by Gasteiger charge is 2.20. The summed E-state index contributed by atoms with van der Waals surface area (Å²) < 4.78 is 0. The van der Waals surface area contributed by atoms with Crippen molar-refractivity contribution in [3.63, 3.8) is 0 Å². The summed E-state index contributed by atoms with van der Waals surface area (Å²) in [5, 5.41) is 15.6. The molecule has 0 N–H and O–H groups in total. The van der Waals surface area contributed by atoms with E-state index in [1.165, 1.54) is 27.1 Å². The van der Waals surface area contributed by atoms with Gasteiger partial charge in [0.1, 0.15) is 0 Å². The van der Waals surface area contributed by atoms with Crippen LogP contribution in [0, 0.1) is 25.2 Å². The number of benzene rings is 9. The van der Waals surface area contributed by atoms with Crippen molar-refractivity contribution in [2.24, 2.45) is 0 Å². The SMILES string of the molecule is Cc1ccc(-c2nc(-c3ccc(C)cc3)nc(-c3ccccc3-c3cccc(C#N)c3-c3cccc(-c4cccc(-c5ccc6c(ccc7ccccc76)c5)c4)c3)n2)cc1. The molecule has 0 saturated carbocycles. The Bertz CT molecular complexity index is 3220. The van der Waals surface area contributed by atoms with Gasteiger partial charge in [0.25, 0.3) is 0 Å². The van der Waals surface area contributed by atoms with Crippen molar-refractivity contribution < 1.29 is 0 Å². The predicted octanol–water partition coefficient (Wildman–Crippen LogP) is 14.3. The lowest BCUT2D eigenvalue weighted by molar-refractivity contribution is 1.07. The van der Waals surface area contributed by atoms with Crippen LogP contribution in [-0.2, 0) is 0 Å². The molecule has 0 saturated heterocycles. The average Bonchev–Trinajstić information content (AvgIpc) is 3.31. The fourth-order valence-electron chi connectivity index (χ4n) is 8.18.